The average molecular weight is 476 g/mol. The maximum Gasteiger partial charge on any atom is 0.248 e. The Morgan fingerprint density at radius 3 is 2.15 bits per heavy atom. The van der Waals surface area contributed by atoms with E-state index >= 15 is 0 Å². The van der Waals surface area contributed by atoms with Gasteiger partial charge >= 0.3 is 0 Å². The van der Waals surface area contributed by atoms with Crippen LogP contribution in [0, 0.1) is 25.7 Å². The van der Waals surface area contributed by atoms with E-state index in [1.165, 1.54) is 9.87 Å². The molecule has 1 amide bonds. The van der Waals surface area contributed by atoms with Gasteiger partial charge in [-0.05, 0) is 49.1 Å². The summed E-state index contributed by atoms with van der Waals surface area (Å²) in [6, 6.07) is 8.38. The highest BCUT2D eigenvalue weighted by Gasteiger charge is 2.36. The second-order valence-corrected chi connectivity index (χ2v) is 12.3. The molecule has 0 bridgehead atoms. The van der Waals surface area contributed by atoms with Crippen LogP contribution in [0.5, 0.6) is 0 Å². The first-order valence-corrected chi connectivity index (χ1v) is 13.1. The molecule has 1 aliphatic rings. The molecule has 33 heavy (non-hydrogen) atoms. The molecular formula is C25H37N3O4S. The summed E-state index contributed by atoms with van der Waals surface area (Å²) >= 11 is 0. The van der Waals surface area contributed by atoms with Crippen molar-refractivity contribution >= 4 is 15.9 Å². The Kier molecular flexibility index (Phi) is 7.39. The lowest BCUT2D eigenvalue weighted by Crippen LogP contribution is -2.44. The van der Waals surface area contributed by atoms with Gasteiger partial charge in [-0.3, -0.25) is 4.79 Å². The first-order chi connectivity index (χ1) is 15.3. The van der Waals surface area contributed by atoms with E-state index in [0.29, 0.717) is 37.4 Å². The molecular weight excluding hydrogens is 438 g/mol. The fraction of sp³-hybridized carbons (Fsp3) is 0.600. The Hall–Kier alpha value is -2.19. The topological polar surface area (TPSA) is 92.5 Å². The van der Waals surface area contributed by atoms with Crippen molar-refractivity contribution in [2.24, 2.45) is 11.8 Å². The minimum absolute atomic E-state index is 0.0111. The quantitative estimate of drug-likeness (QED) is 0.664. The standard InChI is InChI=1S/C25H37N3O4S/c1-16(2)22(19-8-10-21(11-9-19)25(5,6)7)26-24(29)20-12-14-28(15-13-20)33(30,31)23-17(3)27-32-18(23)4/h8-11,16,20,22H,12-15H2,1-7H3,(H,26,29)/t22-/m0/s1. The number of hydrogen-bond acceptors (Lipinski definition) is 5. The molecule has 2 heterocycles. The van der Waals surface area contributed by atoms with Gasteiger partial charge in [-0.2, -0.15) is 4.31 Å². The van der Waals surface area contributed by atoms with E-state index in [-0.39, 0.29) is 34.1 Å². The maximum atomic E-state index is 13.1. The summed E-state index contributed by atoms with van der Waals surface area (Å²) in [4.78, 5) is 13.2. The molecule has 1 aromatic heterocycles. The molecule has 1 saturated heterocycles. The van der Waals surface area contributed by atoms with Crippen molar-refractivity contribution in [1.29, 1.82) is 0 Å². The number of aryl methyl sites for hydroxylation is 2. The molecule has 1 N–H and O–H groups in total. The molecule has 1 atom stereocenters. The lowest BCUT2D eigenvalue weighted by Gasteiger charge is -2.32. The van der Waals surface area contributed by atoms with Gasteiger partial charge in [0.05, 0.1) is 6.04 Å². The summed E-state index contributed by atoms with van der Waals surface area (Å²) in [5.74, 6) is 0.304. The first-order valence-electron chi connectivity index (χ1n) is 11.7. The highest BCUT2D eigenvalue weighted by molar-refractivity contribution is 7.89. The molecule has 7 nitrogen and oxygen atoms in total. The van der Waals surface area contributed by atoms with E-state index in [2.05, 4.69) is 69.4 Å². The van der Waals surface area contributed by atoms with Gasteiger partial charge in [0, 0.05) is 19.0 Å². The van der Waals surface area contributed by atoms with E-state index < -0.39 is 10.0 Å². The monoisotopic (exact) mass is 475 g/mol. The summed E-state index contributed by atoms with van der Waals surface area (Å²) < 4.78 is 32.6. The highest BCUT2D eigenvalue weighted by Crippen LogP contribution is 2.30. The number of carbonyl (C=O) groups is 1. The van der Waals surface area contributed by atoms with E-state index in [0.717, 1.165) is 5.56 Å². The molecule has 0 saturated carbocycles. The van der Waals surface area contributed by atoms with Crippen molar-refractivity contribution in [3.8, 4) is 0 Å². The maximum absolute atomic E-state index is 13.1. The fourth-order valence-corrected chi connectivity index (χ4v) is 6.19. The van der Waals surface area contributed by atoms with Gasteiger partial charge in [0.25, 0.3) is 0 Å². The summed E-state index contributed by atoms with van der Waals surface area (Å²) in [7, 11) is -3.68. The van der Waals surface area contributed by atoms with Gasteiger partial charge in [-0.15, -0.1) is 0 Å². The molecule has 1 aliphatic heterocycles. The lowest BCUT2D eigenvalue weighted by atomic mass is 9.85. The summed E-state index contributed by atoms with van der Waals surface area (Å²) in [6.07, 6.45) is 0.977. The van der Waals surface area contributed by atoms with Crippen LogP contribution in [0.1, 0.15) is 76.1 Å². The number of rotatable bonds is 6. The predicted molar refractivity (Wildman–Crippen MR) is 128 cm³/mol. The first kappa shape index (κ1) is 25.4. The molecule has 0 spiro atoms. The van der Waals surface area contributed by atoms with E-state index in [4.69, 9.17) is 4.52 Å². The Morgan fingerprint density at radius 2 is 1.70 bits per heavy atom. The number of hydrogen-bond donors (Lipinski definition) is 1. The van der Waals surface area contributed by atoms with Crippen molar-refractivity contribution in [2.75, 3.05) is 13.1 Å². The number of amides is 1. The van der Waals surface area contributed by atoms with Crippen LogP contribution in [0.3, 0.4) is 0 Å². The lowest BCUT2D eigenvalue weighted by molar-refractivity contribution is -0.127. The summed E-state index contributed by atoms with van der Waals surface area (Å²) in [5.41, 5.74) is 2.79. The number of sulfonamides is 1. The Bertz CT molecular complexity index is 1050. The zero-order chi connectivity index (χ0) is 24.6. The molecule has 1 aromatic carbocycles. The third-order valence-electron chi connectivity index (χ3n) is 6.49. The largest absolute Gasteiger partial charge is 0.360 e. The summed E-state index contributed by atoms with van der Waals surface area (Å²) in [5, 5.41) is 7.00. The van der Waals surface area contributed by atoms with Gasteiger partial charge in [0.15, 0.2) is 5.76 Å². The predicted octanol–water partition coefficient (Wildman–Crippen LogP) is 4.50. The van der Waals surface area contributed by atoms with Crippen LogP contribution in [-0.4, -0.2) is 36.9 Å². The second kappa shape index (κ2) is 9.58. The SMILES string of the molecule is Cc1noc(C)c1S(=O)(=O)N1CCC(C(=O)N[C@H](c2ccc(C(C)(C)C)cc2)C(C)C)CC1. The van der Waals surface area contributed by atoms with Crippen LogP contribution in [-0.2, 0) is 20.2 Å². The molecule has 0 aliphatic carbocycles. The molecule has 1 fully saturated rings. The Labute approximate surface area is 198 Å². The molecule has 0 radical (unpaired) electrons. The number of piperidine rings is 1. The van der Waals surface area contributed by atoms with Crippen LogP contribution in [0.15, 0.2) is 33.7 Å². The highest BCUT2D eigenvalue weighted by atomic mass is 32.2. The summed E-state index contributed by atoms with van der Waals surface area (Å²) in [6.45, 7) is 14.6. The van der Waals surface area contributed by atoms with Crippen molar-refractivity contribution in [2.45, 2.75) is 77.7 Å². The van der Waals surface area contributed by atoms with Gasteiger partial charge in [-0.1, -0.05) is 64.0 Å². The van der Waals surface area contributed by atoms with Crippen molar-refractivity contribution in [3.63, 3.8) is 0 Å². The second-order valence-electron chi connectivity index (χ2n) is 10.4. The van der Waals surface area contributed by atoms with Crippen LogP contribution in [0.2, 0.25) is 0 Å². The van der Waals surface area contributed by atoms with Gasteiger partial charge < -0.3 is 9.84 Å². The van der Waals surface area contributed by atoms with Crippen LogP contribution < -0.4 is 5.32 Å². The van der Waals surface area contributed by atoms with Gasteiger partial charge in [0.2, 0.25) is 15.9 Å². The molecule has 0 unspecified atom stereocenters. The van der Waals surface area contributed by atoms with E-state index in [1.54, 1.807) is 13.8 Å². The number of nitrogens with one attached hydrogen (secondary N) is 1. The van der Waals surface area contributed by atoms with Crippen LogP contribution >= 0.6 is 0 Å². The third-order valence-corrected chi connectivity index (χ3v) is 8.63. The van der Waals surface area contributed by atoms with Crippen molar-refractivity contribution in [1.82, 2.24) is 14.8 Å². The minimum atomic E-state index is -3.68. The average Bonchev–Trinajstić information content (AvgIpc) is 3.10. The van der Waals surface area contributed by atoms with Crippen LogP contribution in [0.4, 0.5) is 0 Å². The zero-order valence-corrected chi connectivity index (χ0v) is 21.6. The van der Waals surface area contributed by atoms with Crippen molar-refractivity contribution in [3.05, 3.63) is 46.8 Å². The Morgan fingerprint density at radius 1 is 1.12 bits per heavy atom. The van der Waals surface area contributed by atoms with Gasteiger partial charge in [-0.25, -0.2) is 8.42 Å². The van der Waals surface area contributed by atoms with Gasteiger partial charge in [0.1, 0.15) is 10.6 Å². The minimum Gasteiger partial charge on any atom is -0.360 e. The molecule has 8 heteroatoms. The fourth-order valence-electron chi connectivity index (χ4n) is 4.43. The smallest absolute Gasteiger partial charge is 0.248 e. The third kappa shape index (κ3) is 5.49. The Balaban J connectivity index is 1.66. The zero-order valence-electron chi connectivity index (χ0n) is 20.8. The number of carbonyl (C=O) groups excluding carboxylic acids is 1. The molecule has 182 valence electrons. The van der Waals surface area contributed by atoms with Crippen molar-refractivity contribution < 1.29 is 17.7 Å². The van der Waals surface area contributed by atoms with E-state index in [9.17, 15) is 13.2 Å². The van der Waals surface area contributed by atoms with E-state index in [1.807, 2.05) is 0 Å². The number of nitrogens with zero attached hydrogens (tertiary/aromatic N) is 2. The number of benzene rings is 1. The normalized spacial score (nSPS) is 17.3. The number of aromatic nitrogens is 1. The van der Waals surface area contributed by atoms with Crippen LogP contribution in [0.25, 0.3) is 0 Å². The molecule has 3 rings (SSSR count). The molecule has 2 aromatic rings.